The summed E-state index contributed by atoms with van der Waals surface area (Å²) >= 11 is 6.57. The summed E-state index contributed by atoms with van der Waals surface area (Å²) in [7, 11) is 3.21. The van der Waals surface area contributed by atoms with Gasteiger partial charge in [0.15, 0.2) is 23.0 Å². The van der Waals surface area contributed by atoms with E-state index in [1.165, 1.54) is 11.8 Å². The molecule has 0 unspecified atom stereocenters. The second-order valence-electron chi connectivity index (χ2n) is 6.54. The fourth-order valence-electron chi connectivity index (χ4n) is 2.98. The smallest absolute Gasteiger partial charge is 0.266 e. The van der Waals surface area contributed by atoms with Crippen LogP contribution in [0.15, 0.2) is 47.4 Å². The van der Waals surface area contributed by atoms with Crippen LogP contribution >= 0.6 is 24.0 Å². The molecule has 6 nitrogen and oxygen atoms in total. The number of carbonyl (C=O) groups is 1. The molecule has 0 N–H and O–H groups in total. The van der Waals surface area contributed by atoms with E-state index >= 15 is 0 Å². The highest BCUT2D eigenvalue weighted by Gasteiger charge is 2.30. The molecule has 31 heavy (non-hydrogen) atoms. The number of thioether (sulfide) groups is 1. The Hall–Kier alpha value is -2.71. The minimum absolute atomic E-state index is 0.0631. The summed E-state index contributed by atoms with van der Waals surface area (Å²) in [5.74, 6) is 2.59. The molecular formula is C23H25NO5S2. The number of likely N-dealkylation sites (N-methyl/N-ethyl adjacent to an activating group) is 1. The minimum atomic E-state index is -0.0631. The van der Waals surface area contributed by atoms with Crippen molar-refractivity contribution in [1.29, 1.82) is 0 Å². The van der Waals surface area contributed by atoms with Crippen LogP contribution in [0.25, 0.3) is 6.08 Å². The van der Waals surface area contributed by atoms with Gasteiger partial charge in [-0.1, -0.05) is 42.2 Å². The molecule has 0 bridgehead atoms. The molecule has 2 aromatic rings. The van der Waals surface area contributed by atoms with E-state index in [9.17, 15) is 4.79 Å². The molecule has 0 saturated carbocycles. The molecule has 1 aliphatic heterocycles. The van der Waals surface area contributed by atoms with Crippen molar-refractivity contribution in [2.24, 2.45) is 0 Å². The monoisotopic (exact) mass is 459 g/mol. The van der Waals surface area contributed by atoms with Crippen molar-refractivity contribution in [2.75, 3.05) is 34.0 Å². The van der Waals surface area contributed by atoms with Crippen molar-refractivity contribution >= 4 is 40.3 Å². The average Bonchev–Trinajstić information content (AvgIpc) is 3.06. The number of methoxy groups -OCH3 is 2. The summed E-state index contributed by atoms with van der Waals surface area (Å²) in [5, 5.41) is 0. The van der Waals surface area contributed by atoms with E-state index in [4.69, 9.17) is 31.2 Å². The van der Waals surface area contributed by atoms with Gasteiger partial charge in [0, 0.05) is 13.0 Å². The lowest BCUT2D eigenvalue weighted by Crippen LogP contribution is -2.27. The zero-order chi connectivity index (χ0) is 22.2. The zero-order valence-electron chi connectivity index (χ0n) is 17.8. The maximum atomic E-state index is 12.4. The van der Waals surface area contributed by atoms with Gasteiger partial charge in [-0.3, -0.25) is 9.69 Å². The van der Waals surface area contributed by atoms with Crippen LogP contribution in [0, 0.1) is 0 Å². The molecule has 2 aromatic carbocycles. The summed E-state index contributed by atoms with van der Waals surface area (Å²) in [6, 6.07) is 13.1. The number of para-hydroxylation sites is 2. The van der Waals surface area contributed by atoms with E-state index in [0.29, 0.717) is 58.4 Å². The normalized spacial score (nSPS) is 14.8. The summed E-state index contributed by atoms with van der Waals surface area (Å²) in [5.41, 5.74) is 0.848. The highest BCUT2D eigenvalue weighted by atomic mass is 32.2. The first-order valence-electron chi connectivity index (χ1n) is 9.89. The highest BCUT2D eigenvalue weighted by Crippen LogP contribution is 2.34. The van der Waals surface area contributed by atoms with E-state index in [2.05, 4.69) is 0 Å². The van der Waals surface area contributed by atoms with Crippen molar-refractivity contribution < 1.29 is 23.7 Å². The van der Waals surface area contributed by atoms with E-state index < -0.39 is 0 Å². The number of hydrogen-bond acceptors (Lipinski definition) is 7. The van der Waals surface area contributed by atoms with Gasteiger partial charge in [0.05, 0.1) is 32.3 Å². The molecular weight excluding hydrogens is 434 g/mol. The second-order valence-corrected chi connectivity index (χ2v) is 8.21. The number of nitrogens with zero attached hydrogens (tertiary/aromatic N) is 1. The van der Waals surface area contributed by atoms with Crippen molar-refractivity contribution in [3.63, 3.8) is 0 Å². The van der Waals surface area contributed by atoms with E-state index in [1.807, 2.05) is 55.5 Å². The van der Waals surface area contributed by atoms with Gasteiger partial charge in [-0.2, -0.15) is 0 Å². The maximum absolute atomic E-state index is 12.4. The van der Waals surface area contributed by atoms with Crippen LogP contribution in [0.4, 0.5) is 0 Å². The van der Waals surface area contributed by atoms with Crippen LogP contribution in [0.3, 0.4) is 0 Å². The van der Waals surface area contributed by atoms with Crippen LogP contribution in [0.5, 0.6) is 23.0 Å². The Morgan fingerprint density at radius 1 is 0.968 bits per heavy atom. The first kappa shape index (κ1) is 23.0. The molecule has 0 atom stereocenters. The number of benzene rings is 2. The number of ether oxygens (including phenoxy) is 4. The number of amides is 1. The number of carbonyl (C=O) groups excluding carboxylic acids is 1. The van der Waals surface area contributed by atoms with Crippen molar-refractivity contribution in [3.05, 3.63) is 52.9 Å². The van der Waals surface area contributed by atoms with Crippen LogP contribution in [-0.4, -0.2) is 49.1 Å². The van der Waals surface area contributed by atoms with Crippen LogP contribution < -0.4 is 18.9 Å². The highest BCUT2D eigenvalue weighted by molar-refractivity contribution is 8.26. The van der Waals surface area contributed by atoms with Gasteiger partial charge in [-0.15, -0.1) is 0 Å². The average molecular weight is 460 g/mol. The number of rotatable bonds is 10. The molecule has 1 aliphatic rings. The Balaban J connectivity index is 1.56. The Morgan fingerprint density at radius 2 is 1.61 bits per heavy atom. The third-order valence-electron chi connectivity index (χ3n) is 4.55. The summed E-state index contributed by atoms with van der Waals surface area (Å²) in [4.78, 5) is 14.6. The first-order valence-corrected chi connectivity index (χ1v) is 11.1. The minimum Gasteiger partial charge on any atom is -0.493 e. The SMILES string of the molecule is CCN1C(=O)C(=Cc2ccc(OCCCOc3ccccc3OC)c(OC)c2)SC1=S. The van der Waals surface area contributed by atoms with Gasteiger partial charge in [-0.25, -0.2) is 0 Å². The Bertz CT molecular complexity index is 976. The molecule has 0 aliphatic carbocycles. The molecule has 1 heterocycles. The van der Waals surface area contributed by atoms with Gasteiger partial charge in [-0.05, 0) is 42.8 Å². The first-order chi connectivity index (χ1) is 15.1. The van der Waals surface area contributed by atoms with Gasteiger partial charge in [0.2, 0.25) is 0 Å². The largest absolute Gasteiger partial charge is 0.493 e. The van der Waals surface area contributed by atoms with Crippen molar-refractivity contribution in [2.45, 2.75) is 13.3 Å². The van der Waals surface area contributed by atoms with Gasteiger partial charge >= 0.3 is 0 Å². The van der Waals surface area contributed by atoms with Crippen LogP contribution in [-0.2, 0) is 4.79 Å². The second kappa shape index (κ2) is 11.1. The summed E-state index contributed by atoms with van der Waals surface area (Å²) in [6.45, 7) is 3.45. The third kappa shape index (κ3) is 5.71. The van der Waals surface area contributed by atoms with Crippen molar-refractivity contribution in [1.82, 2.24) is 4.90 Å². The Kier molecular flexibility index (Phi) is 8.20. The van der Waals surface area contributed by atoms with Gasteiger partial charge in [0.25, 0.3) is 5.91 Å². The number of thiocarbonyl (C=S) groups is 1. The predicted molar refractivity (Wildman–Crippen MR) is 127 cm³/mol. The standard InChI is InChI=1S/C23H25NO5S2/c1-4-24-22(25)21(31-23(24)30)15-16-10-11-19(20(14-16)27-3)29-13-7-12-28-18-9-6-5-8-17(18)26-2/h5-6,8-11,14-15H,4,7,12-13H2,1-3H3. The lowest BCUT2D eigenvalue weighted by Gasteiger charge is -2.13. The van der Waals surface area contributed by atoms with Crippen LogP contribution in [0.2, 0.25) is 0 Å². The fourth-order valence-corrected chi connectivity index (χ4v) is 4.36. The van der Waals surface area contributed by atoms with Crippen LogP contribution in [0.1, 0.15) is 18.9 Å². The van der Waals surface area contributed by atoms with Crippen molar-refractivity contribution in [3.8, 4) is 23.0 Å². The van der Waals surface area contributed by atoms with Gasteiger partial charge in [0.1, 0.15) is 4.32 Å². The Morgan fingerprint density at radius 3 is 2.23 bits per heavy atom. The molecule has 1 saturated heterocycles. The topological polar surface area (TPSA) is 57.2 Å². The lowest BCUT2D eigenvalue weighted by molar-refractivity contribution is -0.121. The Labute approximate surface area is 192 Å². The zero-order valence-corrected chi connectivity index (χ0v) is 19.4. The van der Waals surface area contributed by atoms with E-state index in [1.54, 1.807) is 19.1 Å². The fraction of sp³-hybridized carbons (Fsp3) is 0.304. The molecule has 164 valence electrons. The lowest BCUT2D eigenvalue weighted by atomic mass is 10.2. The molecule has 0 aromatic heterocycles. The molecule has 1 fully saturated rings. The molecule has 8 heteroatoms. The molecule has 0 spiro atoms. The maximum Gasteiger partial charge on any atom is 0.266 e. The quantitative estimate of drug-likeness (QED) is 0.288. The molecule has 1 amide bonds. The van der Waals surface area contributed by atoms with Gasteiger partial charge < -0.3 is 18.9 Å². The summed E-state index contributed by atoms with van der Waals surface area (Å²) in [6.07, 6.45) is 2.52. The number of hydrogen-bond donors (Lipinski definition) is 0. The van der Waals surface area contributed by atoms with E-state index in [0.717, 1.165) is 5.56 Å². The third-order valence-corrected chi connectivity index (χ3v) is 5.93. The predicted octanol–water partition coefficient (Wildman–Crippen LogP) is 4.77. The summed E-state index contributed by atoms with van der Waals surface area (Å²) < 4.78 is 22.9. The molecule has 0 radical (unpaired) electrons. The molecule has 3 rings (SSSR count). The van der Waals surface area contributed by atoms with E-state index in [-0.39, 0.29) is 5.91 Å².